The number of rotatable bonds is 5. The molecule has 1 aliphatic heterocycles. The Morgan fingerprint density at radius 3 is 3.12 bits per heavy atom. The summed E-state index contributed by atoms with van der Waals surface area (Å²) in [5, 5.41) is 2.85. The maximum absolute atomic E-state index is 12.8. The lowest BCUT2D eigenvalue weighted by Gasteiger charge is -2.35. The van der Waals surface area contributed by atoms with Gasteiger partial charge in [0.15, 0.2) is 5.65 Å². The first-order valence-corrected chi connectivity index (χ1v) is 9.05. The number of hydrogen-bond acceptors (Lipinski definition) is 4. The van der Waals surface area contributed by atoms with Crippen LogP contribution in [0.15, 0.2) is 41.8 Å². The van der Waals surface area contributed by atoms with Crippen molar-refractivity contribution in [2.45, 2.75) is 44.7 Å². The number of fused-ring (bicyclic) bond motifs is 1. The fraction of sp³-hybridized carbons (Fsp3) is 0.444. The summed E-state index contributed by atoms with van der Waals surface area (Å²) in [6.45, 7) is 1.50. The summed E-state index contributed by atoms with van der Waals surface area (Å²) in [5.41, 5.74) is 1.14. The molecule has 3 aromatic heterocycles. The molecule has 0 saturated carbocycles. The molecule has 8 nitrogen and oxygen atoms in total. The lowest BCUT2D eigenvalue weighted by molar-refractivity contribution is -0.135. The van der Waals surface area contributed by atoms with Gasteiger partial charge >= 0.3 is 0 Å². The van der Waals surface area contributed by atoms with Gasteiger partial charge in [0.2, 0.25) is 5.91 Å². The summed E-state index contributed by atoms with van der Waals surface area (Å²) in [4.78, 5) is 35.6. The average molecular weight is 354 g/mol. The van der Waals surface area contributed by atoms with Crippen LogP contribution < -0.4 is 5.56 Å². The minimum absolute atomic E-state index is 0.114. The Labute approximate surface area is 150 Å². The number of hydrogen-bond donors (Lipinski definition) is 1. The van der Waals surface area contributed by atoms with Crippen molar-refractivity contribution in [3.63, 3.8) is 0 Å². The van der Waals surface area contributed by atoms with Crippen LogP contribution in [0.25, 0.3) is 5.65 Å². The van der Waals surface area contributed by atoms with Crippen molar-refractivity contribution < 1.29 is 4.79 Å². The molecule has 1 amide bonds. The van der Waals surface area contributed by atoms with E-state index in [1.54, 1.807) is 30.9 Å². The lowest BCUT2D eigenvalue weighted by atomic mass is 9.98. The van der Waals surface area contributed by atoms with Gasteiger partial charge < -0.3 is 9.47 Å². The third-order valence-corrected chi connectivity index (χ3v) is 4.93. The van der Waals surface area contributed by atoms with Gasteiger partial charge in [-0.25, -0.2) is 14.5 Å². The summed E-state index contributed by atoms with van der Waals surface area (Å²) < 4.78 is 3.38. The van der Waals surface area contributed by atoms with Crippen molar-refractivity contribution in [1.29, 1.82) is 0 Å². The molecule has 1 N–H and O–H groups in total. The minimum atomic E-state index is -0.145. The fourth-order valence-electron chi connectivity index (χ4n) is 3.63. The molecule has 4 rings (SSSR count). The first-order valence-electron chi connectivity index (χ1n) is 9.05. The standard InChI is InChI=1S/C18H22N6O2/c25-17(5-3-9-22-11-8-19-13-22)23-10-2-1-4-15(23)14-12-18(26)24-16(21-14)6-7-20-24/h6-8,11-13,15,20H,1-5,9-10H2/t15-/m0/s1. The van der Waals surface area contributed by atoms with Crippen molar-refractivity contribution in [3.8, 4) is 0 Å². The summed E-state index contributed by atoms with van der Waals surface area (Å²) >= 11 is 0. The first kappa shape index (κ1) is 16.6. The second kappa shape index (κ2) is 7.15. The normalized spacial score (nSPS) is 17.7. The van der Waals surface area contributed by atoms with Crippen LogP contribution in [0.2, 0.25) is 0 Å². The zero-order valence-electron chi connectivity index (χ0n) is 14.5. The molecule has 0 spiro atoms. The molecule has 4 heterocycles. The minimum Gasteiger partial charge on any atom is -0.337 e. The number of aromatic nitrogens is 5. The fourth-order valence-corrected chi connectivity index (χ4v) is 3.63. The molecule has 0 unspecified atom stereocenters. The molecule has 0 aliphatic carbocycles. The molecule has 0 aromatic carbocycles. The van der Waals surface area contributed by atoms with Gasteiger partial charge in [-0.15, -0.1) is 0 Å². The molecule has 8 heteroatoms. The van der Waals surface area contributed by atoms with E-state index in [2.05, 4.69) is 15.1 Å². The van der Waals surface area contributed by atoms with E-state index in [4.69, 9.17) is 0 Å². The number of aromatic amines is 1. The SMILES string of the molecule is O=C(CCCn1ccnc1)N1CCCC[C@H]1c1cc(=O)n2[nH]ccc2n1. The van der Waals surface area contributed by atoms with Crippen LogP contribution in [0.4, 0.5) is 0 Å². The number of carbonyl (C=O) groups excluding carboxylic acids is 1. The molecule has 136 valence electrons. The highest BCUT2D eigenvalue weighted by molar-refractivity contribution is 5.76. The number of nitrogens with zero attached hydrogens (tertiary/aromatic N) is 5. The van der Waals surface area contributed by atoms with E-state index in [0.717, 1.165) is 38.8 Å². The Bertz CT molecular complexity index is 942. The molecule has 0 radical (unpaired) electrons. The lowest BCUT2D eigenvalue weighted by Crippen LogP contribution is -2.39. The number of amides is 1. The molecule has 0 bridgehead atoms. The average Bonchev–Trinajstić information content (AvgIpc) is 3.33. The quantitative estimate of drug-likeness (QED) is 0.756. The summed E-state index contributed by atoms with van der Waals surface area (Å²) in [5.74, 6) is 0.130. The van der Waals surface area contributed by atoms with Gasteiger partial charge in [-0.1, -0.05) is 0 Å². The maximum Gasteiger partial charge on any atom is 0.272 e. The van der Waals surface area contributed by atoms with E-state index in [9.17, 15) is 9.59 Å². The van der Waals surface area contributed by atoms with Gasteiger partial charge in [-0.05, 0) is 25.7 Å². The van der Waals surface area contributed by atoms with Crippen molar-refractivity contribution in [2.75, 3.05) is 6.54 Å². The van der Waals surface area contributed by atoms with Crippen molar-refractivity contribution in [3.05, 3.63) is 53.1 Å². The number of H-pyrrole nitrogens is 1. The molecule has 1 atom stereocenters. The van der Waals surface area contributed by atoms with Crippen LogP contribution in [0.1, 0.15) is 43.8 Å². The highest BCUT2D eigenvalue weighted by Gasteiger charge is 2.29. The Balaban J connectivity index is 1.49. The number of imidazole rings is 1. The Morgan fingerprint density at radius 1 is 1.35 bits per heavy atom. The highest BCUT2D eigenvalue weighted by atomic mass is 16.2. The summed E-state index contributed by atoms with van der Waals surface area (Å²) in [6, 6.07) is 3.20. The Hall–Kier alpha value is -2.90. The predicted octanol–water partition coefficient (Wildman–Crippen LogP) is 1.75. The van der Waals surface area contributed by atoms with Crippen molar-refractivity contribution >= 4 is 11.6 Å². The Kier molecular flexibility index (Phi) is 4.55. The van der Waals surface area contributed by atoms with Gasteiger partial charge in [0.25, 0.3) is 5.56 Å². The number of aryl methyl sites for hydroxylation is 1. The zero-order valence-corrected chi connectivity index (χ0v) is 14.5. The monoisotopic (exact) mass is 354 g/mol. The van der Waals surface area contributed by atoms with Crippen LogP contribution in [0.3, 0.4) is 0 Å². The van der Waals surface area contributed by atoms with Crippen molar-refractivity contribution in [2.24, 2.45) is 0 Å². The highest BCUT2D eigenvalue weighted by Crippen LogP contribution is 2.30. The van der Waals surface area contributed by atoms with E-state index >= 15 is 0 Å². The van der Waals surface area contributed by atoms with E-state index in [1.165, 1.54) is 4.52 Å². The number of piperidine rings is 1. The smallest absolute Gasteiger partial charge is 0.272 e. The molecule has 1 saturated heterocycles. The first-order chi connectivity index (χ1) is 12.7. The number of nitrogens with one attached hydrogen (secondary N) is 1. The van der Waals surface area contributed by atoms with Crippen LogP contribution in [0.5, 0.6) is 0 Å². The summed E-state index contributed by atoms with van der Waals surface area (Å²) in [7, 11) is 0. The van der Waals surface area contributed by atoms with E-state index in [0.29, 0.717) is 17.8 Å². The molecular weight excluding hydrogens is 332 g/mol. The number of carbonyl (C=O) groups is 1. The maximum atomic E-state index is 12.8. The molecule has 1 fully saturated rings. The molecule has 1 aliphatic rings. The second-order valence-corrected chi connectivity index (χ2v) is 6.68. The van der Waals surface area contributed by atoms with Gasteiger partial charge in [0.05, 0.1) is 18.1 Å². The topological polar surface area (TPSA) is 88.3 Å². The number of likely N-dealkylation sites (tertiary alicyclic amines) is 1. The second-order valence-electron chi connectivity index (χ2n) is 6.68. The van der Waals surface area contributed by atoms with Crippen LogP contribution in [-0.4, -0.2) is 41.5 Å². The van der Waals surface area contributed by atoms with Crippen LogP contribution in [-0.2, 0) is 11.3 Å². The Morgan fingerprint density at radius 2 is 2.27 bits per heavy atom. The van der Waals surface area contributed by atoms with Gasteiger partial charge in [0, 0.05) is 50.2 Å². The zero-order chi connectivity index (χ0) is 17.9. The molecular formula is C18H22N6O2. The van der Waals surface area contributed by atoms with Crippen molar-refractivity contribution in [1.82, 2.24) is 29.0 Å². The van der Waals surface area contributed by atoms with Crippen LogP contribution >= 0.6 is 0 Å². The van der Waals surface area contributed by atoms with E-state index in [1.807, 2.05) is 15.7 Å². The third-order valence-electron chi connectivity index (χ3n) is 4.93. The summed E-state index contributed by atoms with van der Waals surface area (Å²) in [6.07, 6.45) is 11.2. The van der Waals surface area contributed by atoms with Gasteiger partial charge in [-0.2, -0.15) is 0 Å². The predicted molar refractivity (Wildman–Crippen MR) is 95.6 cm³/mol. The van der Waals surface area contributed by atoms with Crippen LogP contribution in [0, 0.1) is 0 Å². The molecule has 26 heavy (non-hydrogen) atoms. The molecule has 3 aromatic rings. The largest absolute Gasteiger partial charge is 0.337 e. The third kappa shape index (κ3) is 3.26. The van der Waals surface area contributed by atoms with Gasteiger partial charge in [-0.3, -0.25) is 14.7 Å². The van der Waals surface area contributed by atoms with Gasteiger partial charge in [0.1, 0.15) is 0 Å². The van der Waals surface area contributed by atoms with E-state index < -0.39 is 0 Å². The van der Waals surface area contributed by atoms with E-state index in [-0.39, 0.29) is 17.5 Å².